The second kappa shape index (κ2) is 5.52. The number of Topliss-reactive ketones (excluding diaryl/α,β-unsaturated/α-hetero) is 2. The van der Waals surface area contributed by atoms with E-state index < -0.39 is 34.7 Å². The van der Waals surface area contributed by atoms with Crippen molar-refractivity contribution in [2.75, 3.05) is 0 Å². The van der Waals surface area contributed by atoms with E-state index in [-0.39, 0.29) is 0 Å². The van der Waals surface area contributed by atoms with Gasteiger partial charge in [0.1, 0.15) is 0 Å². The van der Waals surface area contributed by atoms with Crippen molar-refractivity contribution in [2.45, 2.75) is 62.7 Å². The Bertz CT molecular complexity index is 368. The molecular weight excluding hydrogens is 256 g/mol. The van der Waals surface area contributed by atoms with Crippen molar-refractivity contribution in [1.29, 1.82) is 0 Å². The number of hydrogen-bond donors (Lipinski definition) is 4. The molecule has 0 heterocycles. The smallest absolute Gasteiger partial charge is 0.205 e. The number of ketones is 2. The molecular formula is C14H26N4O2. The van der Waals surface area contributed by atoms with E-state index in [9.17, 15) is 9.59 Å². The van der Waals surface area contributed by atoms with Crippen LogP contribution in [0.3, 0.4) is 0 Å². The summed E-state index contributed by atoms with van der Waals surface area (Å²) in [6.07, 6.45) is 5.83. The highest BCUT2D eigenvalue weighted by atomic mass is 16.2. The molecule has 0 aliphatic heterocycles. The van der Waals surface area contributed by atoms with Crippen LogP contribution in [0, 0.1) is 11.8 Å². The lowest BCUT2D eigenvalue weighted by atomic mass is 9.71. The third-order valence-corrected chi connectivity index (χ3v) is 4.88. The summed E-state index contributed by atoms with van der Waals surface area (Å²) in [4.78, 5) is 25.0. The monoisotopic (exact) mass is 282 g/mol. The van der Waals surface area contributed by atoms with Crippen LogP contribution in [0.25, 0.3) is 0 Å². The molecule has 0 spiro atoms. The molecule has 2 fully saturated rings. The topological polar surface area (TPSA) is 138 Å². The van der Waals surface area contributed by atoms with Crippen molar-refractivity contribution in [3.05, 3.63) is 0 Å². The van der Waals surface area contributed by atoms with Gasteiger partial charge in [0, 0.05) is 0 Å². The van der Waals surface area contributed by atoms with Crippen molar-refractivity contribution in [3.8, 4) is 0 Å². The minimum atomic E-state index is -1.08. The maximum absolute atomic E-state index is 12.5. The highest BCUT2D eigenvalue weighted by Crippen LogP contribution is 2.33. The normalized spacial score (nSPS) is 32.6. The first-order valence-electron chi connectivity index (χ1n) is 7.49. The van der Waals surface area contributed by atoms with Gasteiger partial charge in [0.2, 0.25) is 11.6 Å². The first-order valence-corrected chi connectivity index (χ1v) is 7.49. The van der Waals surface area contributed by atoms with Crippen LogP contribution in [0.15, 0.2) is 0 Å². The maximum atomic E-state index is 12.5. The van der Waals surface area contributed by atoms with Crippen LogP contribution in [0.5, 0.6) is 0 Å². The zero-order chi connectivity index (χ0) is 15.0. The van der Waals surface area contributed by atoms with Crippen molar-refractivity contribution < 1.29 is 9.59 Å². The van der Waals surface area contributed by atoms with E-state index in [4.69, 9.17) is 22.9 Å². The van der Waals surface area contributed by atoms with Gasteiger partial charge in [-0.05, 0) is 25.7 Å². The van der Waals surface area contributed by atoms with E-state index in [0.717, 1.165) is 25.7 Å². The highest BCUT2D eigenvalue weighted by molar-refractivity contribution is 6.39. The van der Waals surface area contributed by atoms with E-state index in [1.807, 2.05) is 0 Å². The summed E-state index contributed by atoms with van der Waals surface area (Å²) in [5, 5.41) is 0. The molecule has 0 radical (unpaired) electrons. The molecule has 0 aromatic rings. The van der Waals surface area contributed by atoms with Crippen molar-refractivity contribution in [1.82, 2.24) is 0 Å². The van der Waals surface area contributed by atoms with E-state index in [2.05, 4.69) is 0 Å². The lowest BCUT2D eigenvalue weighted by molar-refractivity contribution is -0.145. The molecule has 0 amide bonds. The number of nitrogens with two attached hydrogens (primary N) is 4. The van der Waals surface area contributed by atoms with E-state index in [1.165, 1.54) is 0 Å². The van der Waals surface area contributed by atoms with Gasteiger partial charge in [0.25, 0.3) is 0 Å². The fourth-order valence-corrected chi connectivity index (χ4v) is 3.54. The van der Waals surface area contributed by atoms with Crippen LogP contribution in [-0.4, -0.2) is 22.9 Å². The molecule has 0 bridgehead atoms. The Morgan fingerprint density at radius 3 is 1.35 bits per heavy atom. The van der Waals surface area contributed by atoms with Crippen molar-refractivity contribution in [3.63, 3.8) is 0 Å². The molecule has 2 aliphatic carbocycles. The molecule has 20 heavy (non-hydrogen) atoms. The Labute approximate surface area is 119 Å². The number of carbonyl (C=O) groups is 2. The van der Waals surface area contributed by atoms with Gasteiger partial charge >= 0.3 is 0 Å². The summed E-state index contributed by atoms with van der Waals surface area (Å²) in [6.45, 7) is 0. The third kappa shape index (κ3) is 2.93. The Kier molecular flexibility index (Phi) is 4.30. The Hall–Kier alpha value is -0.820. The van der Waals surface area contributed by atoms with Gasteiger partial charge in [-0.3, -0.25) is 9.59 Å². The number of carbonyl (C=O) groups excluding carboxylic acids is 2. The first kappa shape index (κ1) is 15.6. The lowest BCUT2D eigenvalue weighted by Gasteiger charge is -2.40. The van der Waals surface area contributed by atoms with Crippen LogP contribution >= 0.6 is 0 Å². The van der Waals surface area contributed by atoms with Gasteiger partial charge < -0.3 is 22.9 Å². The van der Waals surface area contributed by atoms with Crippen LogP contribution in [0.2, 0.25) is 0 Å². The van der Waals surface area contributed by atoms with Gasteiger partial charge in [-0.15, -0.1) is 0 Å². The molecule has 2 unspecified atom stereocenters. The van der Waals surface area contributed by atoms with E-state index >= 15 is 0 Å². The van der Waals surface area contributed by atoms with Gasteiger partial charge in [0.15, 0.2) is 0 Å². The minimum Gasteiger partial charge on any atom is -0.313 e. The first-order chi connectivity index (χ1) is 9.26. The molecule has 6 heteroatoms. The van der Waals surface area contributed by atoms with Crippen LogP contribution < -0.4 is 22.9 Å². The number of rotatable bonds is 3. The molecule has 2 atom stereocenters. The molecule has 2 aliphatic rings. The fraction of sp³-hybridized carbons (Fsp3) is 0.857. The molecule has 2 rings (SSSR count). The van der Waals surface area contributed by atoms with Gasteiger partial charge in [-0.2, -0.15) is 0 Å². The second-order valence-electron chi connectivity index (χ2n) is 6.55. The summed E-state index contributed by atoms with van der Waals surface area (Å²) >= 11 is 0. The lowest BCUT2D eigenvalue weighted by Crippen LogP contribution is -2.64. The zero-order valence-electron chi connectivity index (χ0n) is 11.9. The summed E-state index contributed by atoms with van der Waals surface area (Å²) < 4.78 is 0. The van der Waals surface area contributed by atoms with Gasteiger partial charge in [-0.25, -0.2) is 0 Å². The molecule has 2 saturated carbocycles. The zero-order valence-corrected chi connectivity index (χ0v) is 11.9. The summed E-state index contributed by atoms with van der Waals surface area (Å²) in [5.74, 6) is -2.13. The Morgan fingerprint density at radius 2 is 1.05 bits per heavy atom. The largest absolute Gasteiger partial charge is 0.313 e. The molecule has 0 saturated heterocycles. The van der Waals surface area contributed by atoms with Crippen LogP contribution in [-0.2, 0) is 9.59 Å². The highest BCUT2D eigenvalue weighted by Gasteiger charge is 2.46. The molecule has 114 valence electrons. The SMILES string of the molecule is NC1(N)CCCCC1C(=O)C(=O)C1CCCCC1(N)N. The quantitative estimate of drug-likeness (QED) is 0.415. The average Bonchev–Trinajstić information content (AvgIpc) is 2.36. The molecule has 0 aromatic heterocycles. The average molecular weight is 282 g/mol. The maximum Gasteiger partial charge on any atom is 0.205 e. The predicted octanol–water partition coefficient (Wildman–Crippen LogP) is -0.268. The predicted molar refractivity (Wildman–Crippen MR) is 76.1 cm³/mol. The standard InChI is InChI=1S/C14H26N4O2/c15-13(16)7-3-1-5-9(13)11(19)12(20)10-6-2-4-8-14(10,17)18/h9-10H,1-8,15-18H2. The van der Waals surface area contributed by atoms with Gasteiger partial charge in [-0.1, -0.05) is 25.7 Å². The van der Waals surface area contributed by atoms with Crippen molar-refractivity contribution in [2.24, 2.45) is 34.8 Å². The fourth-order valence-electron chi connectivity index (χ4n) is 3.54. The van der Waals surface area contributed by atoms with Crippen LogP contribution in [0.1, 0.15) is 51.4 Å². The summed E-state index contributed by atoms with van der Waals surface area (Å²) in [5.41, 5.74) is 21.8. The number of hydrogen-bond acceptors (Lipinski definition) is 6. The summed E-state index contributed by atoms with van der Waals surface area (Å²) in [6, 6.07) is 0. The minimum absolute atomic E-state index is 0.470. The Morgan fingerprint density at radius 1 is 0.700 bits per heavy atom. The van der Waals surface area contributed by atoms with Crippen LogP contribution in [0.4, 0.5) is 0 Å². The van der Waals surface area contributed by atoms with Gasteiger partial charge in [0.05, 0.1) is 23.2 Å². The Balaban J connectivity index is 2.13. The molecule has 8 N–H and O–H groups in total. The molecule has 6 nitrogen and oxygen atoms in total. The van der Waals surface area contributed by atoms with Crippen molar-refractivity contribution >= 4 is 11.6 Å². The summed E-state index contributed by atoms with van der Waals surface area (Å²) in [7, 11) is 0. The van der Waals surface area contributed by atoms with E-state index in [0.29, 0.717) is 25.7 Å². The van der Waals surface area contributed by atoms with E-state index in [1.54, 1.807) is 0 Å². The molecule has 0 aromatic carbocycles. The third-order valence-electron chi connectivity index (χ3n) is 4.88. The second-order valence-corrected chi connectivity index (χ2v) is 6.55.